The van der Waals surface area contributed by atoms with Crippen LogP contribution >= 0.6 is 0 Å². The largest absolute Gasteiger partial charge is 0.454 e. The molecular formula is C21H26N2O3. The van der Waals surface area contributed by atoms with Crippen LogP contribution in [0.25, 0.3) is 0 Å². The number of benzene rings is 2. The molecule has 1 atom stereocenters. The van der Waals surface area contributed by atoms with Gasteiger partial charge in [-0.1, -0.05) is 36.4 Å². The molecule has 0 saturated heterocycles. The molecule has 2 aromatic carbocycles. The van der Waals surface area contributed by atoms with E-state index in [0.29, 0.717) is 13.1 Å². The maximum atomic E-state index is 12.6. The molecular weight excluding hydrogens is 328 g/mol. The molecule has 1 heterocycles. The van der Waals surface area contributed by atoms with E-state index in [9.17, 15) is 4.79 Å². The van der Waals surface area contributed by atoms with Gasteiger partial charge >= 0.3 is 6.03 Å². The van der Waals surface area contributed by atoms with Gasteiger partial charge in [0.25, 0.3) is 0 Å². The lowest BCUT2D eigenvalue weighted by Crippen LogP contribution is -2.43. The fourth-order valence-electron chi connectivity index (χ4n) is 2.99. The van der Waals surface area contributed by atoms with E-state index in [1.807, 2.05) is 43.3 Å². The minimum Gasteiger partial charge on any atom is -0.454 e. The Hall–Kier alpha value is -2.69. The third-order valence-electron chi connectivity index (χ3n) is 4.56. The topological polar surface area (TPSA) is 50.8 Å². The van der Waals surface area contributed by atoms with Gasteiger partial charge < -0.3 is 19.7 Å². The molecule has 2 aromatic rings. The van der Waals surface area contributed by atoms with E-state index in [4.69, 9.17) is 9.47 Å². The average Bonchev–Trinajstić information content (AvgIpc) is 3.13. The SMILES string of the molecule is CCN(Cc1ccc2c(c1)OCO2)C(=O)N[C@H](C)CCc1ccccc1. The number of hydrogen-bond donors (Lipinski definition) is 1. The lowest BCUT2D eigenvalue weighted by atomic mass is 10.1. The van der Waals surface area contributed by atoms with Crippen LogP contribution in [0.15, 0.2) is 48.5 Å². The summed E-state index contributed by atoms with van der Waals surface area (Å²) in [6.07, 6.45) is 1.87. The van der Waals surface area contributed by atoms with Crippen LogP contribution < -0.4 is 14.8 Å². The summed E-state index contributed by atoms with van der Waals surface area (Å²) in [5.74, 6) is 1.51. The summed E-state index contributed by atoms with van der Waals surface area (Å²) in [5, 5.41) is 3.10. The minimum atomic E-state index is -0.0364. The fourth-order valence-corrected chi connectivity index (χ4v) is 2.99. The second kappa shape index (κ2) is 8.61. The summed E-state index contributed by atoms with van der Waals surface area (Å²) in [6, 6.07) is 16.2. The number of hydrogen-bond acceptors (Lipinski definition) is 3. The van der Waals surface area contributed by atoms with Gasteiger partial charge in [-0.05, 0) is 49.9 Å². The van der Waals surface area contributed by atoms with Crippen molar-refractivity contribution in [3.8, 4) is 11.5 Å². The number of nitrogens with zero attached hydrogens (tertiary/aromatic N) is 1. The second-order valence-electron chi connectivity index (χ2n) is 6.58. The maximum absolute atomic E-state index is 12.6. The van der Waals surface area contributed by atoms with Gasteiger partial charge in [0.2, 0.25) is 6.79 Å². The molecule has 0 aromatic heterocycles. The normalized spacial score (nSPS) is 13.3. The van der Waals surface area contributed by atoms with Gasteiger partial charge in [0.15, 0.2) is 11.5 Å². The fraction of sp³-hybridized carbons (Fsp3) is 0.381. The number of amides is 2. The van der Waals surface area contributed by atoms with Crippen molar-refractivity contribution < 1.29 is 14.3 Å². The molecule has 3 rings (SSSR count). The van der Waals surface area contributed by atoms with Gasteiger partial charge in [0.05, 0.1) is 0 Å². The quantitative estimate of drug-likeness (QED) is 0.818. The summed E-state index contributed by atoms with van der Waals surface area (Å²) in [5.41, 5.74) is 2.32. The lowest BCUT2D eigenvalue weighted by molar-refractivity contribution is 0.173. The third kappa shape index (κ3) is 4.69. The van der Waals surface area contributed by atoms with Crippen LogP contribution in [0.1, 0.15) is 31.4 Å². The highest BCUT2D eigenvalue weighted by Crippen LogP contribution is 2.32. The van der Waals surface area contributed by atoms with E-state index < -0.39 is 0 Å². The zero-order chi connectivity index (χ0) is 18.4. The maximum Gasteiger partial charge on any atom is 0.317 e. The first-order valence-electron chi connectivity index (χ1n) is 9.13. The smallest absolute Gasteiger partial charge is 0.317 e. The predicted molar refractivity (Wildman–Crippen MR) is 101 cm³/mol. The van der Waals surface area contributed by atoms with E-state index in [0.717, 1.165) is 29.9 Å². The van der Waals surface area contributed by atoms with Crippen LogP contribution in [0, 0.1) is 0 Å². The van der Waals surface area contributed by atoms with Gasteiger partial charge in [-0.3, -0.25) is 0 Å². The molecule has 0 unspecified atom stereocenters. The predicted octanol–water partition coefficient (Wildman–Crippen LogP) is 3.97. The highest BCUT2D eigenvalue weighted by Gasteiger charge is 2.17. The van der Waals surface area contributed by atoms with Crippen LogP contribution in [-0.2, 0) is 13.0 Å². The van der Waals surface area contributed by atoms with Gasteiger partial charge in [0, 0.05) is 19.1 Å². The summed E-state index contributed by atoms with van der Waals surface area (Å²) in [7, 11) is 0. The molecule has 1 N–H and O–H groups in total. The number of rotatable bonds is 7. The molecule has 0 spiro atoms. The minimum absolute atomic E-state index is 0.0364. The van der Waals surface area contributed by atoms with Crippen molar-refractivity contribution in [1.29, 1.82) is 0 Å². The Morgan fingerprint density at radius 2 is 1.88 bits per heavy atom. The molecule has 138 valence electrons. The summed E-state index contributed by atoms with van der Waals surface area (Å²) in [6.45, 7) is 5.49. The highest BCUT2D eigenvalue weighted by atomic mass is 16.7. The Bertz CT molecular complexity index is 733. The summed E-state index contributed by atoms with van der Waals surface area (Å²) < 4.78 is 10.7. The van der Waals surface area contributed by atoms with Gasteiger partial charge in [-0.25, -0.2) is 4.79 Å². The first-order valence-corrected chi connectivity index (χ1v) is 9.13. The molecule has 0 fully saturated rings. The van der Waals surface area contributed by atoms with Gasteiger partial charge in [0.1, 0.15) is 0 Å². The number of nitrogens with one attached hydrogen (secondary N) is 1. The zero-order valence-electron chi connectivity index (χ0n) is 15.4. The number of aryl methyl sites for hydroxylation is 1. The Morgan fingerprint density at radius 3 is 2.65 bits per heavy atom. The Balaban J connectivity index is 1.51. The zero-order valence-corrected chi connectivity index (χ0v) is 15.4. The van der Waals surface area contributed by atoms with Crippen LogP contribution in [-0.4, -0.2) is 30.3 Å². The van der Waals surface area contributed by atoms with Gasteiger partial charge in [-0.15, -0.1) is 0 Å². The Kier molecular flexibility index (Phi) is 6.00. The van der Waals surface area contributed by atoms with Crippen molar-refractivity contribution in [2.45, 2.75) is 39.3 Å². The Morgan fingerprint density at radius 1 is 1.12 bits per heavy atom. The number of urea groups is 1. The number of fused-ring (bicyclic) bond motifs is 1. The lowest BCUT2D eigenvalue weighted by Gasteiger charge is -2.24. The molecule has 0 saturated carbocycles. The van der Waals surface area contributed by atoms with Crippen molar-refractivity contribution in [2.24, 2.45) is 0 Å². The van der Waals surface area contributed by atoms with Crippen LogP contribution in [0.2, 0.25) is 0 Å². The Labute approximate surface area is 154 Å². The summed E-state index contributed by atoms with van der Waals surface area (Å²) in [4.78, 5) is 14.4. The van der Waals surface area contributed by atoms with Crippen molar-refractivity contribution >= 4 is 6.03 Å². The van der Waals surface area contributed by atoms with Crippen LogP contribution in [0.5, 0.6) is 11.5 Å². The standard InChI is InChI=1S/C21H26N2O3/c1-3-23(14-18-11-12-19-20(13-18)26-15-25-19)21(24)22-16(2)9-10-17-7-5-4-6-8-17/h4-8,11-13,16H,3,9-10,14-15H2,1-2H3,(H,22,24)/t16-/m1/s1. The molecule has 0 aliphatic carbocycles. The monoisotopic (exact) mass is 354 g/mol. The van der Waals surface area contributed by atoms with E-state index in [1.165, 1.54) is 5.56 Å². The first kappa shape index (κ1) is 18.1. The van der Waals surface area contributed by atoms with E-state index in [2.05, 4.69) is 24.4 Å². The summed E-state index contributed by atoms with van der Waals surface area (Å²) >= 11 is 0. The van der Waals surface area contributed by atoms with Crippen LogP contribution in [0.3, 0.4) is 0 Å². The van der Waals surface area contributed by atoms with E-state index >= 15 is 0 Å². The first-order chi connectivity index (χ1) is 12.7. The molecule has 26 heavy (non-hydrogen) atoms. The molecule has 5 nitrogen and oxygen atoms in total. The number of ether oxygens (including phenoxy) is 2. The van der Waals surface area contributed by atoms with Crippen molar-refractivity contribution in [2.75, 3.05) is 13.3 Å². The average molecular weight is 354 g/mol. The van der Waals surface area contributed by atoms with E-state index in [-0.39, 0.29) is 18.9 Å². The molecule has 1 aliphatic rings. The van der Waals surface area contributed by atoms with Crippen LogP contribution in [0.4, 0.5) is 4.79 Å². The highest BCUT2D eigenvalue weighted by molar-refractivity contribution is 5.74. The second-order valence-corrected chi connectivity index (χ2v) is 6.58. The molecule has 5 heteroatoms. The van der Waals surface area contributed by atoms with Gasteiger partial charge in [-0.2, -0.15) is 0 Å². The molecule has 1 aliphatic heterocycles. The van der Waals surface area contributed by atoms with Crippen molar-refractivity contribution in [3.05, 3.63) is 59.7 Å². The molecule has 0 bridgehead atoms. The van der Waals surface area contributed by atoms with Crippen molar-refractivity contribution in [1.82, 2.24) is 10.2 Å². The molecule has 2 amide bonds. The van der Waals surface area contributed by atoms with Crippen molar-refractivity contribution in [3.63, 3.8) is 0 Å². The number of carbonyl (C=O) groups is 1. The van der Waals surface area contributed by atoms with E-state index in [1.54, 1.807) is 4.90 Å². The number of carbonyl (C=O) groups excluding carboxylic acids is 1. The molecule has 0 radical (unpaired) electrons. The third-order valence-corrected chi connectivity index (χ3v) is 4.56.